The maximum absolute atomic E-state index is 11.7. The molecule has 0 aliphatic carbocycles. The second-order valence-corrected chi connectivity index (χ2v) is 4.01. The molecule has 1 aliphatic heterocycles. The number of Topliss-reactive ketones (excluding diaryl/α,β-unsaturated/α-hetero) is 1. The first-order valence-electron chi connectivity index (χ1n) is 4.63. The van der Waals surface area contributed by atoms with Gasteiger partial charge in [0.15, 0.2) is 5.78 Å². The van der Waals surface area contributed by atoms with Crippen molar-refractivity contribution in [1.29, 1.82) is 0 Å². The van der Waals surface area contributed by atoms with Crippen molar-refractivity contribution < 1.29 is 19.5 Å². The summed E-state index contributed by atoms with van der Waals surface area (Å²) < 4.78 is 0. The maximum Gasteiger partial charge on any atom is 0.326 e. The first-order chi connectivity index (χ1) is 6.97. The zero-order chi connectivity index (χ0) is 11.6. The number of hydrogen-bond acceptors (Lipinski definition) is 4. The Morgan fingerprint density at radius 2 is 2.27 bits per heavy atom. The summed E-state index contributed by atoms with van der Waals surface area (Å²) in [5.74, 6) is -1.66. The van der Waals surface area contributed by atoms with Crippen molar-refractivity contribution in [3.8, 4) is 0 Å². The van der Waals surface area contributed by atoms with Crippen LogP contribution in [0, 0.1) is 5.92 Å². The van der Waals surface area contributed by atoms with Crippen LogP contribution in [0.25, 0.3) is 0 Å². The Labute approximate surface area is 92.8 Å². The zero-order valence-electron chi connectivity index (χ0n) is 8.34. The van der Waals surface area contributed by atoms with E-state index in [2.05, 4.69) is 12.6 Å². The highest BCUT2D eigenvalue weighted by atomic mass is 32.1. The maximum atomic E-state index is 11.7. The second-order valence-electron chi connectivity index (χ2n) is 3.65. The van der Waals surface area contributed by atoms with Gasteiger partial charge in [-0.3, -0.25) is 9.59 Å². The largest absolute Gasteiger partial charge is 0.480 e. The standard InChI is InChI=1S/C9H13NO4S/c1-5(4-15)8(12)10-3-6(11)2-7(10)9(13)14/h5,7,15H,2-4H2,1H3,(H,13,14)/t5-,7+/m1/s1. The third kappa shape index (κ3) is 2.50. The minimum atomic E-state index is -1.12. The summed E-state index contributed by atoms with van der Waals surface area (Å²) in [4.78, 5) is 34.7. The van der Waals surface area contributed by atoms with Gasteiger partial charge in [-0.25, -0.2) is 4.79 Å². The first kappa shape index (κ1) is 12.0. The van der Waals surface area contributed by atoms with Gasteiger partial charge in [0.1, 0.15) is 6.04 Å². The number of ketones is 1. The lowest BCUT2D eigenvalue weighted by atomic mass is 10.1. The Morgan fingerprint density at radius 3 is 2.73 bits per heavy atom. The number of carbonyl (C=O) groups excluding carboxylic acids is 2. The number of rotatable bonds is 3. The molecule has 0 bridgehead atoms. The van der Waals surface area contributed by atoms with Gasteiger partial charge in [0.05, 0.1) is 6.54 Å². The van der Waals surface area contributed by atoms with Crippen molar-refractivity contribution in [1.82, 2.24) is 4.90 Å². The van der Waals surface area contributed by atoms with E-state index in [0.717, 1.165) is 4.90 Å². The quantitative estimate of drug-likeness (QED) is 0.660. The van der Waals surface area contributed by atoms with Crippen molar-refractivity contribution in [2.75, 3.05) is 12.3 Å². The van der Waals surface area contributed by atoms with E-state index in [1.807, 2.05) is 0 Å². The number of carboxylic acid groups (broad SMARTS) is 1. The number of amides is 1. The highest BCUT2D eigenvalue weighted by Crippen LogP contribution is 2.18. The third-order valence-electron chi connectivity index (χ3n) is 2.41. The minimum Gasteiger partial charge on any atom is -0.480 e. The molecule has 1 heterocycles. The van der Waals surface area contributed by atoms with Crippen LogP contribution in [0.1, 0.15) is 13.3 Å². The second kappa shape index (κ2) is 4.65. The molecule has 1 N–H and O–H groups in total. The molecule has 1 amide bonds. The molecule has 0 spiro atoms. The zero-order valence-corrected chi connectivity index (χ0v) is 9.24. The fourth-order valence-electron chi connectivity index (χ4n) is 1.50. The lowest BCUT2D eigenvalue weighted by Gasteiger charge is -2.23. The number of thiol groups is 1. The molecule has 1 aliphatic rings. The molecule has 1 saturated heterocycles. The van der Waals surface area contributed by atoms with Crippen LogP contribution in [0.3, 0.4) is 0 Å². The van der Waals surface area contributed by atoms with Crippen LogP contribution in [-0.2, 0) is 14.4 Å². The molecule has 0 aromatic rings. The van der Waals surface area contributed by atoms with Gasteiger partial charge in [0, 0.05) is 18.1 Å². The van der Waals surface area contributed by atoms with E-state index in [-0.39, 0.29) is 30.6 Å². The molecular formula is C9H13NO4S. The van der Waals surface area contributed by atoms with E-state index < -0.39 is 12.0 Å². The summed E-state index contributed by atoms with van der Waals surface area (Å²) in [5, 5.41) is 8.84. The summed E-state index contributed by atoms with van der Waals surface area (Å²) in [6.07, 6.45) is -0.0830. The summed E-state index contributed by atoms with van der Waals surface area (Å²) in [6, 6.07) is -0.993. The van der Waals surface area contributed by atoms with Gasteiger partial charge in [0.2, 0.25) is 5.91 Å². The van der Waals surface area contributed by atoms with Crippen LogP contribution in [0.5, 0.6) is 0 Å². The van der Waals surface area contributed by atoms with Gasteiger partial charge in [0.25, 0.3) is 0 Å². The Kier molecular flexibility index (Phi) is 3.73. The van der Waals surface area contributed by atoms with E-state index in [0.29, 0.717) is 5.75 Å². The summed E-state index contributed by atoms with van der Waals surface area (Å²) in [5.41, 5.74) is 0. The Bertz CT molecular complexity index is 304. The molecule has 0 radical (unpaired) electrons. The van der Waals surface area contributed by atoms with Crippen LogP contribution in [0.2, 0.25) is 0 Å². The first-order valence-corrected chi connectivity index (χ1v) is 5.26. The molecular weight excluding hydrogens is 218 g/mol. The number of hydrogen-bond donors (Lipinski definition) is 2. The molecule has 0 unspecified atom stereocenters. The van der Waals surface area contributed by atoms with Crippen molar-refractivity contribution >= 4 is 30.3 Å². The SMILES string of the molecule is C[C@H](CS)C(=O)N1CC(=O)C[C@H]1C(=O)O. The molecule has 1 fully saturated rings. The van der Waals surface area contributed by atoms with Crippen molar-refractivity contribution in [3.05, 3.63) is 0 Å². The van der Waals surface area contributed by atoms with E-state index in [9.17, 15) is 14.4 Å². The molecule has 1 rings (SSSR count). The van der Waals surface area contributed by atoms with E-state index in [4.69, 9.17) is 5.11 Å². The molecule has 0 aromatic heterocycles. The smallest absolute Gasteiger partial charge is 0.326 e. The summed E-state index contributed by atoms with van der Waals surface area (Å²) >= 11 is 3.97. The van der Waals surface area contributed by atoms with Crippen molar-refractivity contribution in [2.45, 2.75) is 19.4 Å². The fourth-order valence-corrected chi connectivity index (χ4v) is 1.66. The van der Waals surface area contributed by atoms with Gasteiger partial charge in [-0.2, -0.15) is 12.6 Å². The minimum absolute atomic E-state index is 0.0830. The summed E-state index contributed by atoms with van der Waals surface area (Å²) in [7, 11) is 0. The van der Waals surface area contributed by atoms with Crippen LogP contribution >= 0.6 is 12.6 Å². The van der Waals surface area contributed by atoms with E-state index in [1.54, 1.807) is 6.92 Å². The highest BCUT2D eigenvalue weighted by Gasteiger charge is 2.39. The van der Waals surface area contributed by atoms with E-state index in [1.165, 1.54) is 0 Å². The van der Waals surface area contributed by atoms with Crippen LogP contribution in [0.4, 0.5) is 0 Å². The van der Waals surface area contributed by atoms with Gasteiger partial charge >= 0.3 is 5.97 Å². The van der Waals surface area contributed by atoms with Gasteiger partial charge in [-0.1, -0.05) is 6.92 Å². The monoisotopic (exact) mass is 231 g/mol. The molecule has 84 valence electrons. The molecule has 5 nitrogen and oxygen atoms in total. The average Bonchev–Trinajstić information content (AvgIpc) is 2.58. The Hall–Kier alpha value is -1.04. The highest BCUT2D eigenvalue weighted by molar-refractivity contribution is 7.80. The fraction of sp³-hybridized carbons (Fsp3) is 0.667. The Morgan fingerprint density at radius 1 is 1.67 bits per heavy atom. The topological polar surface area (TPSA) is 74.7 Å². The van der Waals surface area contributed by atoms with Crippen LogP contribution in [0.15, 0.2) is 0 Å². The predicted molar refractivity (Wildman–Crippen MR) is 55.8 cm³/mol. The average molecular weight is 231 g/mol. The Balaban J connectivity index is 2.79. The molecule has 2 atom stereocenters. The molecule has 6 heteroatoms. The number of nitrogens with zero attached hydrogens (tertiary/aromatic N) is 1. The normalized spacial score (nSPS) is 22.9. The number of carbonyl (C=O) groups is 3. The molecule has 0 aromatic carbocycles. The summed E-state index contributed by atoms with van der Waals surface area (Å²) in [6.45, 7) is 1.57. The van der Waals surface area contributed by atoms with Gasteiger partial charge in [-0.15, -0.1) is 0 Å². The van der Waals surface area contributed by atoms with Crippen molar-refractivity contribution in [3.63, 3.8) is 0 Å². The van der Waals surface area contributed by atoms with Gasteiger partial charge in [-0.05, 0) is 0 Å². The number of aliphatic carboxylic acids is 1. The molecule has 0 saturated carbocycles. The lowest BCUT2D eigenvalue weighted by Crippen LogP contribution is -2.43. The number of likely N-dealkylation sites (tertiary alicyclic amines) is 1. The predicted octanol–water partition coefficient (Wildman–Crippen LogP) is -0.193. The van der Waals surface area contributed by atoms with Crippen molar-refractivity contribution in [2.24, 2.45) is 5.92 Å². The lowest BCUT2D eigenvalue weighted by molar-refractivity contribution is -0.149. The third-order valence-corrected chi connectivity index (χ3v) is 2.96. The van der Waals surface area contributed by atoms with Gasteiger partial charge < -0.3 is 10.0 Å². The molecule has 15 heavy (non-hydrogen) atoms. The van der Waals surface area contributed by atoms with Crippen LogP contribution < -0.4 is 0 Å². The number of carboxylic acids is 1. The van der Waals surface area contributed by atoms with E-state index >= 15 is 0 Å². The van der Waals surface area contributed by atoms with Crippen LogP contribution in [-0.4, -0.2) is 46.0 Å².